The van der Waals surface area contributed by atoms with Gasteiger partial charge in [-0.3, -0.25) is 0 Å². The topological polar surface area (TPSA) is 64.9 Å². The van der Waals surface area contributed by atoms with E-state index in [1.165, 1.54) is 0 Å². The Hall–Kier alpha value is -1.99. The van der Waals surface area contributed by atoms with Crippen LogP contribution < -0.4 is 5.32 Å². The van der Waals surface area contributed by atoms with Gasteiger partial charge in [-0.1, -0.05) is 6.92 Å². The van der Waals surface area contributed by atoms with Crippen molar-refractivity contribution in [2.45, 2.75) is 38.3 Å². The van der Waals surface area contributed by atoms with E-state index < -0.39 is 0 Å². The smallest absolute Gasteiger partial charge is 0.139 e. The fourth-order valence-corrected chi connectivity index (χ4v) is 3.96. The SMILES string of the molecule is CCc1nc(N[C@H]2CCCO[C@@H]2c2nccn2C)c2ccsc2n1. The molecule has 1 aliphatic heterocycles. The lowest BCUT2D eigenvalue weighted by Gasteiger charge is -2.32. The van der Waals surface area contributed by atoms with Crippen molar-refractivity contribution in [2.75, 3.05) is 11.9 Å². The van der Waals surface area contributed by atoms with Crippen molar-refractivity contribution >= 4 is 27.4 Å². The second kappa shape index (κ2) is 6.49. The summed E-state index contributed by atoms with van der Waals surface area (Å²) in [5.41, 5.74) is 0. The number of nitrogens with zero attached hydrogens (tertiary/aromatic N) is 4. The lowest BCUT2D eigenvalue weighted by molar-refractivity contribution is -0.00132. The van der Waals surface area contributed by atoms with E-state index in [4.69, 9.17) is 9.72 Å². The van der Waals surface area contributed by atoms with Crippen LogP contribution in [0.4, 0.5) is 5.82 Å². The van der Waals surface area contributed by atoms with E-state index in [-0.39, 0.29) is 12.1 Å². The molecule has 1 fully saturated rings. The van der Waals surface area contributed by atoms with Crippen molar-refractivity contribution in [3.63, 3.8) is 0 Å². The van der Waals surface area contributed by atoms with Crippen molar-refractivity contribution in [2.24, 2.45) is 7.05 Å². The lowest BCUT2D eigenvalue weighted by Crippen LogP contribution is -2.35. The van der Waals surface area contributed by atoms with E-state index in [0.717, 1.165) is 53.6 Å². The second-order valence-electron chi connectivity index (χ2n) is 6.06. The highest BCUT2D eigenvalue weighted by atomic mass is 32.1. The van der Waals surface area contributed by atoms with E-state index in [0.29, 0.717) is 0 Å². The van der Waals surface area contributed by atoms with Crippen LogP contribution in [0, 0.1) is 0 Å². The highest BCUT2D eigenvalue weighted by molar-refractivity contribution is 7.16. The minimum atomic E-state index is -0.0625. The standard InChI is InChI=1S/C17H21N5OS/c1-3-13-20-15(11-6-10-24-17(11)21-13)19-12-5-4-9-23-14(12)16-18-7-8-22(16)2/h6-8,10,12,14H,3-5,9H2,1-2H3,(H,19,20,21)/t12-,14-/m0/s1. The minimum absolute atomic E-state index is 0.0625. The zero-order valence-corrected chi connectivity index (χ0v) is 14.7. The summed E-state index contributed by atoms with van der Waals surface area (Å²) in [6.07, 6.45) is 6.62. The van der Waals surface area contributed by atoms with Gasteiger partial charge in [-0.2, -0.15) is 0 Å². The molecule has 0 unspecified atom stereocenters. The number of hydrogen-bond donors (Lipinski definition) is 1. The maximum atomic E-state index is 6.05. The Kier molecular flexibility index (Phi) is 4.20. The average molecular weight is 343 g/mol. The number of anilines is 1. The Balaban J connectivity index is 1.68. The van der Waals surface area contributed by atoms with Crippen LogP contribution in [0.3, 0.4) is 0 Å². The van der Waals surface area contributed by atoms with Crippen molar-refractivity contribution in [3.05, 3.63) is 35.5 Å². The van der Waals surface area contributed by atoms with Crippen LogP contribution in [0.2, 0.25) is 0 Å². The number of imidazole rings is 1. The molecule has 0 aromatic carbocycles. The molecule has 4 rings (SSSR count). The van der Waals surface area contributed by atoms with E-state index in [2.05, 4.69) is 33.7 Å². The Morgan fingerprint density at radius 3 is 3.12 bits per heavy atom. The first-order chi connectivity index (χ1) is 11.8. The molecule has 126 valence electrons. The maximum absolute atomic E-state index is 6.05. The van der Waals surface area contributed by atoms with Gasteiger partial charge >= 0.3 is 0 Å². The van der Waals surface area contributed by atoms with Gasteiger partial charge in [-0.25, -0.2) is 15.0 Å². The highest BCUT2D eigenvalue weighted by Gasteiger charge is 2.31. The molecular weight excluding hydrogens is 322 g/mol. The molecule has 24 heavy (non-hydrogen) atoms. The van der Waals surface area contributed by atoms with Crippen molar-refractivity contribution < 1.29 is 4.74 Å². The lowest BCUT2D eigenvalue weighted by atomic mass is 10.0. The molecule has 4 heterocycles. The van der Waals surface area contributed by atoms with Crippen LogP contribution in [-0.2, 0) is 18.2 Å². The molecule has 1 saturated heterocycles. The Morgan fingerprint density at radius 2 is 2.33 bits per heavy atom. The number of rotatable bonds is 4. The first kappa shape index (κ1) is 15.5. The van der Waals surface area contributed by atoms with E-state index >= 15 is 0 Å². The van der Waals surface area contributed by atoms with Gasteiger partial charge in [0.1, 0.15) is 28.4 Å². The molecule has 3 aromatic heterocycles. The normalized spacial score (nSPS) is 21.2. The summed E-state index contributed by atoms with van der Waals surface area (Å²) in [5.74, 6) is 2.74. The predicted octanol–water partition coefficient (Wildman–Crippen LogP) is 3.32. The molecule has 0 radical (unpaired) electrons. The largest absolute Gasteiger partial charge is 0.368 e. The maximum Gasteiger partial charge on any atom is 0.139 e. The summed E-state index contributed by atoms with van der Waals surface area (Å²) in [4.78, 5) is 14.9. The summed E-state index contributed by atoms with van der Waals surface area (Å²) < 4.78 is 8.08. The molecule has 0 amide bonds. The number of ether oxygens (including phenoxy) is 1. The number of aryl methyl sites for hydroxylation is 2. The summed E-state index contributed by atoms with van der Waals surface area (Å²) in [6, 6.07) is 2.24. The molecule has 2 atom stereocenters. The minimum Gasteiger partial charge on any atom is -0.368 e. The molecule has 3 aromatic rings. The third-order valence-electron chi connectivity index (χ3n) is 4.44. The summed E-state index contributed by atoms with van der Waals surface area (Å²) >= 11 is 1.66. The van der Waals surface area contributed by atoms with Crippen molar-refractivity contribution in [1.82, 2.24) is 19.5 Å². The molecule has 1 N–H and O–H groups in total. The van der Waals surface area contributed by atoms with Crippen LogP contribution in [0.5, 0.6) is 0 Å². The number of hydrogen-bond acceptors (Lipinski definition) is 6. The van der Waals surface area contributed by atoms with E-state index in [1.54, 1.807) is 11.3 Å². The highest BCUT2D eigenvalue weighted by Crippen LogP contribution is 2.32. The third kappa shape index (κ3) is 2.78. The van der Waals surface area contributed by atoms with Gasteiger partial charge < -0.3 is 14.6 Å². The first-order valence-corrected chi connectivity index (χ1v) is 9.23. The number of nitrogens with one attached hydrogen (secondary N) is 1. The predicted molar refractivity (Wildman–Crippen MR) is 95.3 cm³/mol. The third-order valence-corrected chi connectivity index (χ3v) is 5.25. The molecule has 6 nitrogen and oxygen atoms in total. The van der Waals surface area contributed by atoms with Crippen molar-refractivity contribution in [3.8, 4) is 0 Å². The molecular formula is C17H21N5OS. The van der Waals surface area contributed by atoms with Crippen LogP contribution >= 0.6 is 11.3 Å². The van der Waals surface area contributed by atoms with Gasteiger partial charge in [0.05, 0.1) is 11.4 Å². The van der Waals surface area contributed by atoms with Gasteiger partial charge in [-0.15, -0.1) is 11.3 Å². The average Bonchev–Trinajstić information content (AvgIpc) is 3.24. The molecule has 0 bridgehead atoms. The van der Waals surface area contributed by atoms with Gasteiger partial charge in [-0.05, 0) is 24.3 Å². The molecule has 0 saturated carbocycles. The monoisotopic (exact) mass is 343 g/mol. The van der Waals surface area contributed by atoms with Crippen LogP contribution in [0.1, 0.15) is 37.5 Å². The number of fused-ring (bicyclic) bond motifs is 1. The first-order valence-electron chi connectivity index (χ1n) is 8.35. The summed E-state index contributed by atoms with van der Waals surface area (Å²) in [7, 11) is 2.01. The van der Waals surface area contributed by atoms with Crippen LogP contribution in [-0.4, -0.2) is 32.2 Å². The summed E-state index contributed by atoms with van der Waals surface area (Å²) in [6.45, 7) is 2.85. The zero-order valence-electron chi connectivity index (χ0n) is 13.9. The van der Waals surface area contributed by atoms with Gasteiger partial charge in [0, 0.05) is 32.5 Å². The van der Waals surface area contributed by atoms with E-state index in [9.17, 15) is 0 Å². The van der Waals surface area contributed by atoms with Gasteiger partial charge in [0.25, 0.3) is 0 Å². The molecule has 1 aliphatic rings. The second-order valence-corrected chi connectivity index (χ2v) is 6.96. The number of thiophene rings is 1. The zero-order chi connectivity index (χ0) is 16.5. The van der Waals surface area contributed by atoms with Gasteiger partial charge in [0.15, 0.2) is 0 Å². The van der Waals surface area contributed by atoms with Gasteiger partial charge in [0.2, 0.25) is 0 Å². The Labute approximate surface area is 144 Å². The molecule has 0 aliphatic carbocycles. The summed E-state index contributed by atoms with van der Waals surface area (Å²) in [5, 5.41) is 6.78. The van der Waals surface area contributed by atoms with Crippen LogP contribution in [0.25, 0.3) is 10.2 Å². The van der Waals surface area contributed by atoms with Crippen LogP contribution in [0.15, 0.2) is 23.8 Å². The number of aromatic nitrogens is 4. The van der Waals surface area contributed by atoms with E-state index in [1.807, 2.05) is 24.0 Å². The molecule has 0 spiro atoms. The quantitative estimate of drug-likeness (QED) is 0.787. The van der Waals surface area contributed by atoms with Crippen molar-refractivity contribution in [1.29, 1.82) is 0 Å². The fourth-order valence-electron chi connectivity index (χ4n) is 3.18. The Morgan fingerprint density at radius 1 is 1.42 bits per heavy atom. The fraction of sp³-hybridized carbons (Fsp3) is 0.471. The Bertz CT molecular complexity index is 842. The molecule has 7 heteroatoms.